The Morgan fingerprint density at radius 2 is 0.500 bits per heavy atom. The molecule has 0 heterocycles. The van der Waals surface area contributed by atoms with Gasteiger partial charge in [0.25, 0.3) is 0 Å². The fourth-order valence-corrected chi connectivity index (χ4v) is 0. The Kier molecular flexibility index (Phi) is 626. The van der Waals surface area contributed by atoms with E-state index in [1.807, 2.05) is 0 Å². The van der Waals surface area contributed by atoms with Gasteiger partial charge >= 0.3 is 51.7 Å². The molecule has 0 radical (unpaired) electrons. The average molecular weight is 402 g/mol. The second-order valence-electron chi connectivity index (χ2n) is 0. The molecule has 6 heteroatoms. The Balaban J connectivity index is 0. The van der Waals surface area contributed by atoms with Crippen molar-refractivity contribution in [1.29, 1.82) is 0 Å². The quantitative estimate of drug-likeness (QED) is 0.364. The molecule has 0 aliphatic heterocycles. The van der Waals surface area contributed by atoms with E-state index in [4.69, 9.17) is 0 Å². The van der Waals surface area contributed by atoms with E-state index in [0.717, 1.165) is 0 Å². The molecule has 0 rings (SSSR count). The molecule has 6 heavy (non-hydrogen) atoms. The van der Waals surface area contributed by atoms with Crippen LogP contribution >= 0.6 is 0 Å². The van der Waals surface area contributed by atoms with E-state index in [2.05, 4.69) is 0 Å². The van der Waals surface area contributed by atoms with Crippen LogP contribution in [0.5, 0.6) is 0 Å². The normalized spacial score (nSPS) is 0. The molecule has 0 aliphatic carbocycles. The summed E-state index contributed by atoms with van der Waals surface area (Å²) in [5, 5.41) is 0. The Morgan fingerprint density at radius 3 is 0.500 bits per heavy atom. The zero-order valence-electron chi connectivity index (χ0n) is 2.21. The molecule has 0 aromatic carbocycles. The summed E-state index contributed by atoms with van der Waals surface area (Å²) in [6.45, 7) is 0. The molecule has 0 saturated heterocycles. The molecule has 0 fully saturated rings. The average Bonchev–Trinajstić information content (AvgIpc) is 0. The van der Waals surface area contributed by atoms with E-state index in [1.165, 1.54) is 0 Å². The molecule has 0 amide bonds. The van der Waals surface area contributed by atoms with Crippen molar-refractivity contribution in [1.82, 2.24) is 0 Å². The van der Waals surface area contributed by atoms with Gasteiger partial charge < -0.3 is 16.4 Å². The van der Waals surface area contributed by atoms with Crippen molar-refractivity contribution in [3.63, 3.8) is 0 Å². The Morgan fingerprint density at radius 1 is 0.500 bits per heavy atom. The molecule has 0 atom stereocenters. The van der Waals surface area contributed by atoms with Crippen LogP contribution in [0.1, 0.15) is 0 Å². The third-order valence-electron chi connectivity index (χ3n) is 0. The molecule has 6 N–H and O–H groups in total. The van der Waals surface area contributed by atoms with E-state index >= 15 is 0 Å². The number of hydrogen-bond acceptors (Lipinski definition) is 0. The van der Waals surface area contributed by atoms with Crippen LogP contribution < -0.4 is 0 Å². The van der Waals surface area contributed by atoms with Gasteiger partial charge in [-0.25, -0.2) is 0 Å². The Hall–Kier alpha value is 2.54. The first kappa shape index (κ1) is 75.2. The van der Waals surface area contributed by atoms with Crippen LogP contribution in [-0.2, 0) is 27.3 Å². The fourth-order valence-electron chi connectivity index (χ4n) is 0. The van der Waals surface area contributed by atoms with Gasteiger partial charge in [-0.1, -0.05) is 0 Å². The first-order valence-corrected chi connectivity index (χ1v) is 0. The van der Waals surface area contributed by atoms with E-state index in [0.29, 0.717) is 0 Å². The maximum atomic E-state index is 0. The standard InChI is InChI=1S/Cd.2In.3H2O.6H/h;;;3*1H2;;;;;;. The molecule has 0 aliphatic rings. The third-order valence-corrected chi connectivity index (χ3v) is 0. The van der Waals surface area contributed by atoms with Gasteiger partial charge in [-0.2, -0.15) is 0 Å². The van der Waals surface area contributed by atoms with Crippen LogP contribution in [0, 0.1) is 0 Å². The van der Waals surface area contributed by atoms with Crippen LogP contribution in [0.2, 0.25) is 0 Å². The summed E-state index contributed by atoms with van der Waals surface area (Å²) in [4.78, 5) is 0. The topological polar surface area (TPSA) is 94.5 Å². The zero-order chi connectivity index (χ0) is 0. The van der Waals surface area contributed by atoms with Crippen LogP contribution in [0.25, 0.3) is 0 Å². The van der Waals surface area contributed by atoms with Gasteiger partial charge in [-0.05, 0) is 0 Å². The van der Waals surface area contributed by atoms with Crippen molar-refractivity contribution >= 4 is 51.7 Å². The Bertz CT molecular complexity index is 8.75. The van der Waals surface area contributed by atoms with E-state index in [1.54, 1.807) is 0 Å². The summed E-state index contributed by atoms with van der Waals surface area (Å²) in [6, 6.07) is 0. The number of hydrogen-bond donors (Lipinski definition) is 0. The second kappa shape index (κ2) is 49.9. The molecular formula is H12CdIn2O3. The summed E-state index contributed by atoms with van der Waals surface area (Å²) in [5.74, 6) is 0. The maximum absolute atomic E-state index is 0. The predicted octanol–water partition coefficient (Wildman–Crippen LogP) is -4.84. The van der Waals surface area contributed by atoms with Crippen molar-refractivity contribution in [2.75, 3.05) is 0 Å². The molecule has 0 saturated carbocycles. The first-order chi connectivity index (χ1) is 0. The summed E-state index contributed by atoms with van der Waals surface area (Å²) in [7, 11) is 0. The van der Waals surface area contributed by atoms with Crippen molar-refractivity contribution < 1.29 is 43.7 Å². The fraction of sp³-hybridized carbons (Fsp3) is 0. The summed E-state index contributed by atoms with van der Waals surface area (Å²) < 4.78 is 0. The molecule has 0 spiro atoms. The van der Waals surface area contributed by atoms with Gasteiger partial charge in [-0.3, -0.25) is 0 Å². The van der Waals surface area contributed by atoms with Gasteiger partial charge in [0.05, 0.1) is 0 Å². The van der Waals surface area contributed by atoms with Crippen molar-refractivity contribution in [3.05, 3.63) is 0 Å². The van der Waals surface area contributed by atoms with Gasteiger partial charge in [0.15, 0.2) is 0 Å². The van der Waals surface area contributed by atoms with Crippen molar-refractivity contribution in [2.24, 2.45) is 0 Å². The zero-order valence-corrected chi connectivity index (χ0v) is 6.24. The minimum atomic E-state index is 0. The molecule has 0 aromatic rings. The van der Waals surface area contributed by atoms with Gasteiger partial charge in [-0.15, -0.1) is 0 Å². The number of rotatable bonds is 0. The van der Waals surface area contributed by atoms with Crippen molar-refractivity contribution in [2.45, 2.75) is 0 Å². The van der Waals surface area contributed by atoms with Gasteiger partial charge in [0.2, 0.25) is 0 Å². The summed E-state index contributed by atoms with van der Waals surface area (Å²) in [6.07, 6.45) is 0. The molecule has 0 bridgehead atoms. The van der Waals surface area contributed by atoms with E-state index < -0.39 is 0 Å². The second-order valence-corrected chi connectivity index (χ2v) is 0. The Labute approximate surface area is 93.9 Å². The summed E-state index contributed by atoms with van der Waals surface area (Å²) in [5.41, 5.74) is 0. The van der Waals surface area contributed by atoms with E-state index in [9.17, 15) is 0 Å². The summed E-state index contributed by atoms with van der Waals surface area (Å²) >= 11 is 0. The van der Waals surface area contributed by atoms with Crippen molar-refractivity contribution in [3.8, 4) is 0 Å². The monoisotopic (exact) mass is 404 g/mol. The first-order valence-electron chi connectivity index (χ1n) is 0. The predicted molar refractivity (Wildman–Crippen MR) is 30.7 cm³/mol. The molecule has 38 valence electrons. The molecule has 3 nitrogen and oxygen atoms in total. The van der Waals surface area contributed by atoms with Crippen LogP contribution in [0.4, 0.5) is 0 Å². The van der Waals surface area contributed by atoms with Gasteiger partial charge in [0, 0.05) is 27.3 Å². The minimum absolute atomic E-state index is 0. The molecule has 0 unspecified atom stereocenters. The van der Waals surface area contributed by atoms with Crippen LogP contribution in [0.3, 0.4) is 0 Å². The van der Waals surface area contributed by atoms with Crippen LogP contribution in [-0.4, -0.2) is 68.1 Å². The van der Waals surface area contributed by atoms with E-state index in [-0.39, 0.29) is 95.4 Å². The van der Waals surface area contributed by atoms with Gasteiger partial charge in [0.1, 0.15) is 0 Å². The van der Waals surface area contributed by atoms with Crippen LogP contribution in [0.15, 0.2) is 0 Å². The molecule has 0 aromatic heterocycles. The SMILES string of the molecule is O.O.O.[Cd].[InH3].[InH3]. The molecular weight excluding hydrogens is 390 g/mol. The third kappa shape index (κ3) is 31.1.